The van der Waals surface area contributed by atoms with Crippen LogP contribution in [0.4, 0.5) is 8.78 Å². The minimum Gasteiger partial charge on any atom is -0.294 e. The number of hydrogen-bond acceptors (Lipinski definition) is 2. The number of hydrogen-bond donors (Lipinski definition) is 0. The van der Waals surface area contributed by atoms with Gasteiger partial charge in [-0.15, -0.1) is 11.8 Å². The molecule has 0 saturated heterocycles. The number of carbonyl (C=O) groups excluding carboxylic acids is 1. The van der Waals surface area contributed by atoms with Crippen LogP contribution in [0.25, 0.3) is 0 Å². The number of Topliss-reactive ketones (excluding diaryl/α,β-unsaturated/α-hetero) is 1. The Morgan fingerprint density at radius 1 is 1.43 bits per heavy atom. The lowest BCUT2D eigenvalue weighted by Gasteiger charge is -2.05. The third-order valence-electron chi connectivity index (χ3n) is 1.63. The monoisotopic (exact) mass is 216 g/mol. The van der Waals surface area contributed by atoms with Crippen molar-refractivity contribution >= 4 is 17.5 Å². The van der Waals surface area contributed by atoms with Crippen molar-refractivity contribution in [3.63, 3.8) is 0 Å². The molecule has 0 saturated carbocycles. The summed E-state index contributed by atoms with van der Waals surface area (Å²) < 4.78 is 23.9. The first-order valence-corrected chi connectivity index (χ1v) is 5.10. The van der Waals surface area contributed by atoms with Crippen LogP contribution in [0, 0.1) is 0 Å². The van der Waals surface area contributed by atoms with Crippen LogP contribution in [-0.2, 0) is 0 Å². The molecule has 0 heterocycles. The smallest absolute Gasteiger partial charge is 0.247 e. The normalized spacial score (nSPS) is 10.6. The molecule has 0 bridgehead atoms. The zero-order valence-corrected chi connectivity index (χ0v) is 8.48. The van der Waals surface area contributed by atoms with Gasteiger partial charge in [-0.2, -0.15) is 0 Å². The van der Waals surface area contributed by atoms with E-state index in [1.807, 2.05) is 0 Å². The summed E-state index contributed by atoms with van der Waals surface area (Å²) in [5.41, 5.74) is 0.512. The lowest BCUT2D eigenvalue weighted by atomic mass is 10.1. The van der Waals surface area contributed by atoms with Crippen LogP contribution in [-0.4, -0.2) is 18.0 Å². The third kappa shape index (κ3) is 3.10. The summed E-state index contributed by atoms with van der Waals surface area (Å²) in [6, 6.07) is 6.79. The summed E-state index contributed by atoms with van der Waals surface area (Å²) in [7, 11) is 0. The first-order chi connectivity index (χ1) is 6.61. The third-order valence-corrected chi connectivity index (χ3v) is 2.72. The van der Waals surface area contributed by atoms with Gasteiger partial charge in [-0.1, -0.05) is 18.2 Å². The van der Waals surface area contributed by atoms with Gasteiger partial charge in [0.1, 0.15) is 0 Å². The number of rotatable bonds is 4. The molecule has 1 aromatic rings. The van der Waals surface area contributed by atoms with E-state index in [1.165, 1.54) is 6.92 Å². The molecule has 76 valence electrons. The van der Waals surface area contributed by atoms with Gasteiger partial charge in [0, 0.05) is 10.5 Å². The maximum absolute atomic E-state index is 11.9. The van der Waals surface area contributed by atoms with Crippen molar-refractivity contribution in [3.05, 3.63) is 29.8 Å². The lowest BCUT2D eigenvalue weighted by Crippen LogP contribution is -1.98. The molecule has 0 fully saturated rings. The van der Waals surface area contributed by atoms with Gasteiger partial charge in [0.05, 0.1) is 5.75 Å². The predicted octanol–water partition coefficient (Wildman–Crippen LogP) is 3.25. The quantitative estimate of drug-likeness (QED) is 0.567. The Labute approximate surface area is 85.5 Å². The predicted molar refractivity (Wildman–Crippen MR) is 53.2 cm³/mol. The fourth-order valence-electron chi connectivity index (χ4n) is 1.04. The SMILES string of the molecule is CC(=O)c1ccccc1SCC(F)F. The molecule has 4 heteroatoms. The number of thioether (sulfide) groups is 1. The van der Waals surface area contributed by atoms with Gasteiger partial charge in [0.2, 0.25) is 6.43 Å². The maximum Gasteiger partial charge on any atom is 0.247 e. The van der Waals surface area contributed by atoms with Gasteiger partial charge in [0.15, 0.2) is 5.78 Å². The molecule has 0 spiro atoms. The van der Waals surface area contributed by atoms with Gasteiger partial charge in [-0.05, 0) is 13.0 Å². The van der Waals surface area contributed by atoms with Crippen molar-refractivity contribution in [2.75, 3.05) is 5.75 Å². The van der Waals surface area contributed by atoms with Crippen molar-refractivity contribution in [2.45, 2.75) is 18.2 Å². The highest BCUT2D eigenvalue weighted by molar-refractivity contribution is 7.99. The first-order valence-electron chi connectivity index (χ1n) is 4.12. The molecule has 0 aliphatic carbocycles. The van der Waals surface area contributed by atoms with Crippen LogP contribution in [0.15, 0.2) is 29.2 Å². The molecule has 14 heavy (non-hydrogen) atoms. The van der Waals surface area contributed by atoms with E-state index in [-0.39, 0.29) is 11.5 Å². The molecule has 0 aliphatic heterocycles. The average Bonchev–Trinajstić information content (AvgIpc) is 2.15. The largest absolute Gasteiger partial charge is 0.294 e. The Morgan fingerprint density at radius 2 is 2.07 bits per heavy atom. The summed E-state index contributed by atoms with van der Waals surface area (Å²) in [6.45, 7) is 1.43. The molecular weight excluding hydrogens is 206 g/mol. The Bertz CT molecular complexity index is 326. The number of benzene rings is 1. The minimum absolute atomic E-state index is 0.0950. The lowest BCUT2D eigenvalue weighted by molar-refractivity contribution is 0.101. The van der Waals surface area contributed by atoms with Crippen molar-refractivity contribution in [3.8, 4) is 0 Å². The maximum atomic E-state index is 11.9. The number of halogens is 2. The van der Waals surface area contributed by atoms with Gasteiger partial charge >= 0.3 is 0 Å². The van der Waals surface area contributed by atoms with Crippen molar-refractivity contribution in [1.82, 2.24) is 0 Å². The molecule has 1 aromatic carbocycles. The molecular formula is C10H10F2OS. The molecule has 1 nitrogen and oxygen atoms in total. The van der Waals surface area contributed by atoms with Crippen LogP contribution in [0.3, 0.4) is 0 Å². The summed E-state index contributed by atoms with van der Waals surface area (Å²) in [5.74, 6) is -0.369. The van der Waals surface area contributed by atoms with Crippen LogP contribution in [0.1, 0.15) is 17.3 Å². The molecule has 0 aromatic heterocycles. The second kappa shape index (κ2) is 5.10. The fourth-order valence-corrected chi connectivity index (χ4v) is 1.88. The Kier molecular flexibility index (Phi) is 4.07. The molecule has 0 atom stereocenters. The molecule has 0 aliphatic rings. The van der Waals surface area contributed by atoms with Crippen molar-refractivity contribution in [1.29, 1.82) is 0 Å². The van der Waals surface area contributed by atoms with Gasteiger partial charge in [0.25, 0.3) is 0 Å². The van der Waals surface area contributed by atoms with Crippen LogP contribution >= 0.6 is 11.8 Å². The number of alkyl halides is 2. The topological polar surface area (TPSA) is 17.1 Å². The van der Waals surface area contributed by atoms with E-state index in [9.17, 15) is 13.6 Å². The summed E-state index contributed by atoms with van der Waals surface area (Å²) in [5, 5.41) is 0. The van der Waals surface area contributed by atoms with Crippen molar-refractivity contribution < 1.29 is 13.6 Å². The fraction of sp³-hybridized carbons (Fsp3) is 0.300. The number of carbonyl (C=O) groups is 1. The zero-order valence-electron chi connectivity index (χ0n) is 7.67. The molecule has 0 amide bonds. The van der Waals surface area contributed by atoms with E-state index in [0.29, 0.717) is 10.5 Å². The highest BCUT2D eigenvalue weighted by Crippen LogP contribution is 2.24. The second-order valence-electron chi connectivity index (χ2n) is 2.75. The Hall–Kier alpha value is -0.900. The molecule has 0 unspecified atom stereocenters. The summed E-state index contributed by atoms with van der Waals surface area (Å²) >= 11 is 1.01. The van der Waals surface area contributed by atoms with E-state index < -0.39 is 6.43 Å². The molecule has 0 radical (unpaired) electrons. The Balaban J connectivity index is 2.79. The number of ketones is 1. The van der Waals surface area contributed by atoms with Crippen molar-refractivity contribution in [2.24, 2.45) is 0 Å². The van der Waals surface area contributed by atoms with Crippen LogP contribution in [0.5, 0.6) is 0 Å². The zero-order chi connectivity index (χ0) is 10.6. The summed E-state index contributed by atoms with van der Waals surface area (Å²) in [4.78, 5) is 11.7. The van der Waals surface area contributed by atoms with Crippen LogP contribution < -0.4 is 0 Å². The van der Waals surface area contributed by atoms with E-state index in [0.717, 1.165) is 11.8 Å². The second-order valence-corrected chi connectivity index (χ2v) is 3.82. The Morgan fingerprint density at radius 3 is 2.64 bits per heavy atom. The van der Waals surface area contributed by atoms with Gasteiger partial charge < -0.3 is 0 Å². The van der Waals surface area contributed by atoms with Gasteiger partial charge in [-0.3, -0.25) is 4.79 Å². The van der Waals surface area contributed by atoms with Gasteiger partial charge in [-0.25, -0.2) is 8.78 Å². The molecule has 0 N–H and O–H groups in total. The standard InChI is InChI=1S/C10H10F2OS/c1-7(13)8-4-2-3-5-9(8)14-6-10(11)12/h2-5,10H,6H2,1H3. The molecule has 1 rings (SSSR count). The average molecular weight is 216 g/mol. The summed E-state index contributed by atoms with van der Waals surface area (Å²) in [6.07, 6.45) is -2.35. The minimum atomic E-state index is -2.35. The van der Waals surface area contributed by atoms with E-state index in [4.69, 9.17) is 0 Å². The highest BCUT2D eigenvalue weighted by atomic mass is 32.2. The van der Waals surface area contributed by atoms with E-state index >= 15 is 0 Å². The van der Waals surface area contributed by atoms with Crippen LogP contribution in [0.2, 0.25) is 0 Å². The first kappa shape index (κ1) is 11.2. The van der Waals surface area contributed by atoms with E-state index in [2.05, 4.69) is 0 Å². The highest BCUT2D eigenvalue weighted by Gasteiger charge is 2.09. The van der Waals surface area contributed by atoms with E-state index in [1.54, 1.807) is 24.3 Å².